The van der Waals surface area contributed by atoms with Crippen LogP contribution in [0.4, 0.5) is 0 Å². The highest BCUT2D eigenvalue weighted by Gasteiger charge is 2.38. The lowest BCUT2D eigenvalue weighted by molar-refractivity contribution is -0.124. The van der Waals surface area contributed by atoms with Crippen molar-refractivity contribution in [1.82, 2.24) is 4.90 Å². The molecule has 1 aliphatic carbocycles. The van der Waals surface area contributed by atoms with Crippen LogP contribution in [0.15, 0.2) is 34.8 Å². The highest BCUT2D eigenvalue weighted by molar-refractivity contribution is 8.26. The molecule has 0 spiro atoms. The molecule has 3 aliphatic rings. The van der Waals surface area contributed by atoms with Crippen LogP contribution in [0.2, 0.25) is 0 Å². The first-order chi connectivity index (χ1) is 13.1. The average molecular weight is 402 g/mol. The molecule has 0 radical (unpaired) electrons. The van der Waals surface area contributed by atoms with E-state index >= 15 is 0 Å². The van der Waals surface area contributed by atoms with Crippen LogP contribution in [0.25, 0.3) is 6.08 Å². The summed E-state index contributed by atoms with van der Waals surface area (Å²) in [6.07, 6.45) is 9.56. The third-order valence-electron chi connectivity index (χ3n) is 5.38. The third-order valence-corrected chi connectivity index (χ3v) is 6.71. The van der Waals surface area contributed by atoms with E-state index in [4.69, 9.17) is 21.7 Å². The number of hydrogen-bond donors (Lipinski definition) is 0. The van der Waals surface area contributed by atoms with E-state index in [2.05, 4.69) is 6.08 Å². The maximum absolute atomic E-state index is 13.0. The molecule has 1 aromatic carbocycles. The van der Waals surface area contributed by atoms with E-state index in [-0.39, 0.29) is 18.1 Å². The quantitative estimate of drug-likeness (QED) is 0.530. The summed E-state index contributed by atoms with van der Waals surface area (Å²) >= 11 is 6.94. The molecule has 2 aliphatic heterocycles. The molecule has 0 bridgehead atoms. The zero-order chi connectivity index (χ0) is 19.0. The second kappa shape index (κ2) is 7.68. The topological polar surface area (TPSA) is 38.8 Å². The first-order valence-electron chi connectivity index (χ1n) is 9.41. The number of benzene rings is 1. The Kier molecular flexibility index (Phi) is 5.28. The van der Waals surface area contributed by atoms with Gasteiger partial charge in [0.25, 0.3) is 5.91 Å². The second-order valence-corrected chi connectivity index (χ2v) is 8.80. The summed E-state index contributed by atoms with van der Waals surface area (Å²) in [5.74, 6) is 1.51. The molecular formula is C21H23NO3S2. The van der Waals surface area contributed by atoms with Crippen molar-refractivity contribution in [2.45, 2.75) is 51.2 Å². The lowest BCUT2D eigenvalue weighted by atomic mass is 9.94. The van der Waals surface area contributed by atoms with Crippen molar-refractivity contribution in [1.29, 1.82) is 0 Å². The van der Waals surface area contributed by atoms with Gasteiger partial charge < -0.3 is 9.47 Å². The maximum atomic E-state index is 13.0. The van der Waals surface area contributed by atoms with E-state index in [1.54, 1.807) is 7.11 Å². The van der Waals surface area contributed by atoms with Gasteiger partial charge in [-0.25, -0.2) is 0 Å². The Balaban J connectivity index is 1.62. The van der Waals surface area contributed by atoms with Gasteiger partial charge in [0.15, 0.2) is 11.5 Å². The SMILES string of the molecule is COc1cccc2c1OC(C)C(C=C1SC(=S)N(C3CCCCC3)C1=O)=C2. The number of carbonyl (C=O) groups is 1. The molecule has 1 saturated carbocycles. The summed E-state index contributed by atoms with van der Waals surface area (Å²) in [5, 5.41) is 0. The van der Waals surface area contributed by atoms with Gasteiger partial charge in [0.2, 0.25) is 0 Å². The fraction of sp³-hybridized carbons (Fsp3) is 0.429. The minimum Gasteiger partial charge on any atom is -0.493 e. The van der Waals surface area contributed by atoms with Gasteiger partial charge in [0.05, 0.1) is 12.0 Å². The Morgan fingerprint density at radius 1 is 1.30 bits per heavy atom. The van der Waals surface area contributed by atoms with E-state index in [0.717, 1.165) is 35.5 Å². The molecule has 2 heterocycles. The molecular weight excluding hydrogens is 378 g/mol. The van der Waals surface area contributed by atoms with Gasteiger partial charge in [0.1, 0.15) is 10.4 Å². The summed E-state index contributed by atoms with van der Waals surface area (Å²) in [7, 11) is 1.64. The Bertz CT molecular complexity index is 840. The van der Waals surface area contributed by atoms with Crippen molar-refractivity contribution in [2.75, 3.05) is 7.11 Å². The van der Waals surface area contributed by atoms with E-state index in [0.29, 0.717) is 9.23 Å². The van der Waals surface area contributed by atoms with Gasteiger partial charge in [0, 0.05) is 11.6 Å². The van der Waals surface area contributed by atoms with Gasteiger partial charge in [-0.3, -0.25) is 9.69 Å². The van der Waals surface area contributed by atoms with Crippen LogP contribution >= 0.6 is 24.0 Å². The van der Waals surface area contributed by atoms with Crippen LogP contribution in [0, 0.1) is 0 Å². The number of carbonyl (C=O) groups excluding carboxylic acids is 1. The van der Waals surface area contributed by atoms with Crippen molar-refractivity contribution >= 4 is 40.3 Å². The number of thioether (sulfide) groups is 1. The van der Waals surface area contributed by atoms with Gasteiger partial charge in [-0.2, -0.15) is 0 Å². The maximum Gasteiger partial charge on any atom is 0.266 e. The van der Waals surface area contributed by atoms with E-state index in [1.165, 1.54) is 31.0 Å². The number of ether oxygens (including phenoxy) is 2. The number of amides is 1. The van der Waals surface area contributed by atoms with Crippen LogP contribution in [-0.2, 0) is 4.79 Å². The van der Waals surface area contributed by atoms with Gasteiger partial charge >= 0.3 is 0 Å². The molecule has 6 heteroatoms. The number of thiocarbonyl (C=S) groups is 1. The summed E-state index contributed by atoms with van der Waals surface area (Å²) in [4.78, 5) is 15.5. The molecule has 1 saturated heterocycles. The number of rotatable bonds is 3. The summed E-state index contributed by atoms with van der Waals surface area (Å²) < 4.78 is 12.2. The molecule has 142 valence electrons. The molecule has 4 rings (SSSR count). The summed E-state index contributed by atoms with van der Waals surface area (Å²) in [6.45, 7) is 1.99. The molecule has 0 aromatic heterocycles. The van der Waals surface area contributed by atoms with E-state index in [9.17, 15) is 4.79 Å². The van der Waals surface area contributed by atoms with Crippen LogP contribution in [0.5, 0.6) is 11.5 Å². The molecule has 4 nitrogen and oxygen atoms in total. The molecule has 1 aromatic rings. The van der Waals surface area contributed by atoms with Crippen molar-refractivity contribution < 1.29 is 14.3 Å². The lowest BCUT2D eigenvalue weighted by Gasteiger charge is -2.29. The molecule has 2 fully saturated rings. The Morgan fingerprint density at radius 3 is 2.81 bits per heavy atom. The molecule has 27 heavy (non-hydrogen) atoms. The first-order valence-corrected chi connectivity index (χ1v) is 10.6. The number of methoxy groups -OCH3 is 1. The fourth-order valence-electron chi connectivity index (χ4n) is 3.92. The van der Waals surface area contributed by atoms with Gasteiger partial charge in [-0.05, 0) is 43.6 Å². The van der Waals surface area contributed by atoms with Crippen molar-refractivity contribution in [3.05, 3.63) is 40.3 Å². The minimum absolute atomic E-state index is 0.0430. The largest absolute Gasteiger partial charge is 0.493 e. The Hall–Kier alpha value is -1.79. The minimum atomic E-state index is -0.160. The Morgan fingerprint density at radius 2 is 2.07 bits per heavy atom. The van der Waals surface area contributed by atoms with Crippen molar-refractivity contribution in [3.8, 4) is 11.5 Å². The highest BCUT2D eigenvalue weighted by atomic mass is 32.2. The van der Waals surface area contributed by atoms with E-state index in [1.807, 2.05) is 36.1 Å². The number of nitrogens with zero attached hydrogens (tertiary/aromatic N) is 1. The number of hydrogen-bond acceptors (Lipinski definition) is 5. The number of para-hydroxylation sites is 1. The predicted octanol–water partition coefficient (Wildman–Crippen LogP) is 4.94. The van der Waals surface area contributed by atoms with Crippen LogP contribution < -0.4 is 9.47 Å². The monoisotopic (exact) mass is 401 g/mol. The molecule has 1 atom stereocenters. The molecule has 0 N–H and O–H groups in total. The smallest absolute Gasteiger partial charge is 0.266 e. The average Bonchev–Trinajstić information content (AvgIpc) is 2.96. The number of fused-ring (bicyclic) bond motifs is 1. The van der Waals surface area contributed by atoms with Crippen LogP contribution in [0.3, 0.4) is 0 Å². The van der Waals surface area contributed by atoms with E-state index < -0.39 is 0 Å². The molecule has 1 amide bonds. The van der Waals surface area contributed by atoms with Crippen LogP contribution in [-0.4, -0.2) is 34.4 Å². The Labute approximate surface area is 169 Å². The summed E-state index contributed by atoms with van der Waals surface area (Å²) in [6, 6.07) is 6.08. The van der Waals surface area contributed by atoms with Crippen molar-refractivity contribution in [2.24, 2.45) is 0 Å². The van der Waals surface area contributed by atoms with Gasteiger partial charge in [-0.1, -0.05) is 55.4 Å². The molecule has 1 unspecified atom stereocenters. The van der Waals surface area contributed by atoms with Crippen molar-refractivity contribution in [3.63, 3.8) is 0 Å². The fourth-order valence-corrected chi connectivity index (χ4v) is 5.32. The normalized spacial score (nSPS) is 24.7. The third kappa shape index (κ3) is 3.52. The standard InChI is InChI=1S/C21H23NO3S2/c1-13-15(11-14-7-6-10-17(24-2)19(14)25-13)12-18-20(23)22(21(26)27-18)16-8-4-3-5-9-16/h6-7,10-13,16H,3-5,8-9H2,1-2H3. The zero-order valence-corrected chi connectivity index (χ0v) is 17.2. The highest BCUT2D eigenvalue weighted by Crippen LogP contribution is 2.41. The summed E-state index contributed by atoms with van der Waals surface area (Å²) in [5.41, 5.74) is 1.93. The first kappa shape index (κ1) is 18.6. The predicted molar refractivity (Wildman–Crippen MR) is 113 cm³/mol. The lowest BCUT2D eigenvalue weighted by Crippen LogP contribution is -2.39. The van der Waals surface area contributed by atoms with Gasteiger partial charge in [-0.15, -0.1) is 0 Å². The second-order valence-electron chi connectivity index (χ2n) is 7.13. The van der Waals surface area contributed by atoms with Crippen LogP contribution in [0.1, 0.15) is 44.6 Å². The zero-order valence-electron chi connectivity index (χ0n) is 15.6.